The van der Waals surface area contributed by atoms with Crippen molar-refractivity contribution in [2.75, 3.05) is 18.4 Å². The lowest BCUT2D eigenvalue weighted by Crippen LogP contribution is -2.35. The van der Waals surface area contributed by atoms with Crippen LogP contribution in [-0.2, 0) is 11.2 Å². The van der Waals surface area contributed by atoms with Gasteiger partial charge in [0.2, 0.25) is 5.91 Å². The van der Waals surface area contributed by atoms with E-state index in [9.17, 15) is 9.18 Å². The number of hydrogen-bond acceptors (Lipinski definition) is 3. The third-order valence-corrected chi connectivity index (χ3v) is 4.46. The van der Waals surface area contributed by atoms with Gasteiger partial charge in [-0.15, -0.1) is 0 Å². The lowest BCUT2D eigenvalue weighted by Gasteiger charge is -2.14. The zero-order chi connectivity index (χ0) is 21.3. The van der Waals surface area contributed by atoms with Crippen LogP contribution >= 0.6 is 0 Å². The average Bonchev–Trinajstić information content (AvgIpc) is 3.52. The third-order valence-electron chi connectivity index (χ3n) is 4.46. The molecule has 3 N–H and O–H groups in total. The standard InChI is InChI=1S/C23H29FN4O2/c1-16(2)30-20-11-9-19(10-12-20)28-23(26-15-22(29)27-18-7-8-18)25-14-13-17-5-3-4-6-21(17)24/h3-6,9-12,16,18H,7-8,13-15H2,1-2H3,(H,27,29)(H2,25,26,28). The molecule has 160 valence electrons. The number of benzene rings is 2. The van der Waals surface area contributed by atoms with Crippen LogP contribution in [0.15, 0.2) is 53.5 Å². The number of carbonyl (C=O) groups is 1. The van der Waals surface area contributed by atoms with Crippen molar-refractivity contribution in [3.8, 4) is 5.75 Å². The molecule has 3 rings (SSSR count). The molecule has 0 unspecified atom stereocenters. The second kappa shape index (κ2) is 10.6. The molecule has 0 heterocycles. The van der Waals surface area contributed by atoms with Gasteiger partial charge in [-0.05, 0) is 69.0 Å². The Morgan fingerprint density at radius 1 is 1.17 bits per heavy atom. The highest BCUT2D eigenvalue weighted by Crippen LogP contribution is 2.18. The first-order valence-corrected chi connectivity index (χ1v) is 10.3. The van der Waals surface area contributed by atoms with Gasteiger partial charge in [-0.3, -0.25) is 4.79 Å². The Morgan fingerprint density at radius 2 is 1.90 bits per heavy atom. The van der Waals surface area contributed by atoms with E-state index in [1.165, 1.54) is 6.07 Å². The van der Waals surface area contributed by atoms with Crippen LogP contribution in [0, 0.1) is 5.82 Å². The van der Waals surface area contributed by atoms with Crippen molar-refractivity contribution in [3.63, 3.8) is 0 Å². The smallest absolute Gasteiger partial charge is 0.242 e. The molecule has 1 aliphatic rings. The number of nitrogens with one attached hydrogen (secondary N) is 3. The summed E-state index contributed by atoms with van der Waals surface area (Å²) >= 11 is 0. The number of nitrogens with zero attached hydrogens (tertiary/aromatic N) is 1. The fraction of sp³-hybridized carbons (Fsp3) is 0.391. The van der Waals surface area contributed by atoms with Gasteiger partial charge in [0, 0.05) is 18.3 Å². The SMILES string of the molecule is CC(C)Oc1ccc(NC(=NCC(=O)NC2CC2)NCCc2ccccc2F)cc1. The zero-order valence-corrected chi connectivity index (χ0v) is 17.5. The highest BCUT2D eigenvalue weighted by molar-refractivity contribution is 5.95. The predicted molar refractivity (Wildman–Crippen MR) is 117 cm³/mol. The van der Waals surface area contributed by atoms with E-state index < -0.39 is 0 Å². The summed E-state index contributed by atoms with van der Waals surface area (Å²) in [7, 11) is 0. The first-order chi connectivity index (χ1) is 14.5. The van der Waals surface area contributed by atoms with Gasteiger partial charge in [-0.1, -0.05) is 18.2 Å². The van der Waals surface area contributed by atoms with Gasteiger partial charge in [-0.2, -0.15) is 0 Å². The molecule has 0 aromatic heterocycles. The molecule has 1 saturated carbocycles. The number of ether oxygens (including phenoxy) is 1. The van der Waals surface area contributed by atoms with Crippen LogP contribution < -0.4 is 20.7 Å². The summed E-state index contributed by atoms with van der Waals surface area (Å²) in [5.41, 5.74) is 1.44. The number of rotatable bonds is 9. The van der Waals surface area contributed by atoms with Crippen LogP contribution in [-0.4, -0.2) is 37.1 Å². The van der Waals surface area contributed by atoms with Gasteiger partial charge in [0.15, 0.2) is 5.96 Å². The number of guanidine groups is 1. The van der Waals surface area contributed by atoms with Crippen LogP contribution in [0.1, 0.15) is 32.3 Å². The Hall–Kier alpha value is -3.09. The molecule has 2 aromatic rings. The normalized spacial score (nSPS) is 13.8. The summed E-state index contributed by atoms with van der Waals surface area (Å²) in [6.07, 6.45) is 2.67. The number of amides is 1. The molecule has 0 spiro atoms. The molecule has 1 fully saturated rings. The largest absolute Gasteiger partial charge is 0.491 e. The number of aliphatic imine (C=N–C) groups is 1. The van der Waals surface area contributed by atoms with E-state index in [1.807, 2.05) is 44.2 Å². The van der Waals surface area contributed by atoms with Gasteiger partial charge in [0.05, 0.1) is 6.10 Å². The molecule has 7 heteroatoms. The van der Waals surface area contributed by atoms with Crippen LogP contribution in [0.25, 0.3) is 0 Å². The highest BCUT2D eigenvalue weighted by atomic mass is 19.1. The Bertz CT molecular complexity index is 864. The van der Waals surface area contributed by atoms with Crippen molar-refractivity contribution in [1.29, 1.82) is 0 Å². The Morgan fingerprint density at radius 3 is 2.57 bits per heavy atom. The van der Waals surface area contributed by atoms with Crippen LogP contribution in [0.5, 0.6) is 5.75 Å². The first-order valence-electron chi connectivity index (χ1n) is 10.3. The third kappa shape index (κ3) is 7.39. The van der Waals surface area contributed by atoms with E-state index in [0.29, 0.717) is 30.5 Å². The maximum absolute atomic E-state index is 13.8. The molecule has 6 nitrogen and oxygen atoms in total. The number of anilines is 1. The Kier molecular flexibility index (Phi) is 7.65. The maximum Gasteiger partial charge on any atom is 0.242 e. The minimum absolute atomic E-state index is 0.0279. The molecule has 0 radical (unpaired) electrons. The number of halogens is 1. The fourth-order valence-corrected chi connectivity index (χ4v) is 2.83. The van der Waals surface area contributed by atoms with Gasteiger partial charge in [0.1, 0.15) is 18.1 Å². The summed E-state index contributed by atoms with van der Waals surface area (Å²) in [5.74, 6) is 0.920. The fourth-order valence-electron chi connectivity index (χ4n) is 2.83. The summed E-state index contributed by atoms with van der Waals surface area (Å²) in [6, 6.07) is 14.5. The second-order valence-electron chi connectivity index (χ2n) is 7.59. The molecule has 30 heavy (non-hydrogen) atoms. The van der Waals surface area contributed by atoms with Gasteiger partial charge in [0.25, 0.3) is 0 Å². The minimum atomic E-state index is -0.227. The highest BCUT2D eigenvalue weighted by Gasteiger charge is 2.22. The van der Waals surface area contributed by atoms with Crippen molar-refractivity contribution in [2.45, 2.75) is 45.3 Å². The topological polar surface area (TPSA) is 74.8 Å². The molecular formula is C23H29FN4O2. The Balaban J connectivity index is 1.60. The summed E-state index contributed by atoms with van der Waals surface area (Å²) in [4.78, 5) is 16.4. The van der Waals surface area contributed by atoms with Crippen LogP contribution in [0.2, 0.25) is 0 Å². The molecule has 1 amide bonds. The van der Waals surface area contributed by atoms with Gasteiger partial charge < -0.3 is 20.7 Å². The van der Waals surface area contributed by atoms with Crippen molar-refractivity contribution in [3.05, 3.63) is 59.9 Å². The van der Waals surface area contributed by atoms with Crippen molar-refractivity contribution < 1.29 is 13.9 Å². The first kappa shape index (κ1) is 21.6. The molecule has 2 aromatic carbocycles. The lowest BCUT2D eigenvalue weighted by molar-refractivity contribution is -0.119. The monoisotopic (exact) mass is 412 g/mol. The molecule has 0 aliphatic heterocycles. The van der Waals surface area contributed by atoms with Crippen molar-refractivity contribution in [2.24, 2.45) is 4.99 Å². The van der Waals surface area contributed by atoms with E-state index in [0.717, 1.165) is 24.3 Å². The second-order valence-corrected chi connectivity index (χ2v) is 7.59. The van der Waals surface area contributed by atoms with E-state index >= 15 is 0 Å². The van der Waals surface area contributed by atoms with E-state index in [-0.39, 0.29) is 24.4 Å². The van der Waals surface area contributed by atoms with E-state index in [4.69, 9.17) is 4.74 Å². The summed E-state index contributed by atoms with van der Waals surface area (Å²) in [6.45, 7) is 4.46. The number of hydrogen-bond donors (Lipinski definition) is 3. The summed E-state index contributed by atoms with van der Waals surface area (Å²) < 4.78 is 19.5. The molecule has 0 bridgehead atoms. The van der Waals surface area contributed by atoms with Crippen LogP contribution in [0.4, 0.5) is 10.1 Å². The maximum atomic E-state index is 13.8. The van der Waals surface area contributed by atoms with Gasteiger partial charge >= 0.3 is 0 Å². The molecule has 0 saturated heterocycles. The minimum Gasteiger partial charge on any atom is -0.491 e. The zero-order valence-electron chi connectivity index (χ0n) is 17.5. The molecular weight excluding hydrogens is 383 g/mol. The number of carbonyl (C=O) groups excluding carboxylic acids is 1. The Labute approximate surface area is 176 Å². The van der Waals surface area contributed by atoms with Gasteiger partial charge in [-0.25, -0.2) is 9.38 Å². The quantitative estimate of drug-likeness (QED) is 0.435. The van der Waals surface area contributed by atoms with E-state index in [1.54, 1.807) is 12.1 Å². The van der Waals surface area contributed by atoms with Crippen LogP contribution in [0.3, 0.4) is 0 Å². The molecule has 0 atom stereocenters. The average molecular weight is 413 g/mol. The lowest BCUT2D eigenvalue weighted by atomic mass is 10.1. The van der Waals surface area contributed by atoms with Crippen molar-refractivity contribution in [1.82, 2.24) is 10.6 Å². The van der Waals surface area contributed by atoms with E-state index in [2.05, 4.69) is 20.9 Å². The van der Waals surface area contributed by atoms with Crippen molar-refractivity contribution >= 4 is 17.6 Å². The summed E-state index contributed by atoms with van der Waals surface area (Å²) in [5, 5.41) is 9.29. The predicted octanol–water partition coefficient (Wildman–Crippen LogP) is 3.49. The molecule has 1 aliphatic carbocycles.